The summed E-state index contributed by atoms with van der Waals surface area (Å²) in [6, 6.07) is 16.4. The van der Waals surface area contributed by atoms with E-state index in [0.717, 1.165) is 11.3 Å². The van der Waals surface area contributed by atoms with Gasteiger partial charge in [0.15, 0.2) is 0 Å². The number of nitrogens with two attached hydrogens (primary N) is 1. The lowest BCUT2D eigenvalue weighted by molar-refractivity contribution is 0.0946. The zero-order valence-corrected chi connectivity index (χ0v) is 14.3. The number of nitrogen functional groups attached to an aromatic ring is 1. The van der Waals surface area contributed by atoms with E-state index in [1.54, 1.807) is 31.3 Å². The summed E-state index contributed by atoms with van der Waals surface area (Å²) in [5.41, 5.74) is 8.61. The molecule has 0 saturated heterocycles. The zero-order chi connectivity index (χ0) is 18.5. The molecule has 1 heterocycles. The topological polar surface area (TPSA) is 102 Å². The number of carbonyl (C=O) groups is 2. The van der Waals surface area contributed by atoms with Crippen molar-refractivity contribution < 1.29 is 9.59 Å². The maximum absolute atomic E-state index is 12.4. The normalized spacial score (nSPS) is 10.3. The van der Waals surface area contributed by atoms with Crippen LogP contribution in [-0.4, -0.2) is 28.6 Å². The van der Waals surface area contributed by atoms with Crippen LogP contribution < -0.4 is 16.4 Å². The molecule has 7 nitrogen and oxygen atoms in total. The summed E-state index contributed by atoms with van der Waals surface area (Å²) in [5.74, 6) is -0.176. The van der Waals surface area contributed by atoms with Crippen LogP contribution in [0.3, 0.4) is 0 Å². The quantitative estimate of drug-likeness (QED) is 0.653. The van der Waals surface area contributed by atoms with Gasteiger partial charge < -0.3 is 16.4 Å². The van der Waals surface area contributed by atoms with E-state index in [-0.39, 0.29) is 17.6 Å². The molecule has 0 aliphatic rings. The monoisotopic (exact) mass is 349 g/mol. The first-order valence-corrected chi connectivity index (χ1v) is 8.08. The summed E-state index contributed by atoms with van der Waals surface area (Å²) in [5, 5.41) is 9.56. The van der Waals surface area contributed by atoms with Gasteiger partial charge in [-0.1, -0.05) is 30.3 Å². The van der Waals surface area contributed by atoms with Crippen molar-refractivity contribution in [1.29, 1.82) is 0 Å². The minimum Gasteiger partial charge on any atom is -0.383 e. The number of nitrogens with one attached hydrogen (secondary N) is 2. The first kappa shape index (κ1) is 17.2. The molecule has 26 heavy (non-hydrogen) atoms. The van der Waals surface area contributed by atoms with Crippen molar-refractivity contribution in [3.63, 3.8) is 0 Å². The number of aromatic nitrogens is 2. The van der Waals surface area contributed by atoms with E-state index in [4.69, 9.17) is 5.73 Å². The van der Waals surface area contributed by atoms with E-state index < -0.39 is 0 Å². The largest absolute Gasteiger partial charge is 0.383 e. The number of anilines is 1. The number of hydrogen-bond acceptors (Lipinski definition) is 4. The highest BCUT2D eigenvalue weighted by molar-refractivity contribution is 5.98. The van der Waals surface area contributed by atoms with Crippen LogP contribution in [0.1, 0.15) is 26.3 Å². The van der Waals surface area contributed by atoms with Gasteiger partial charge in [-0.25, -0.2) is 4.68 Å². The first-order valence-electron chi connectivity index (χ1n) is 8.08. The molecule has 0 radical (unpaired) electrons. The average Bonchev–Trinajstić information content (AvgIpc) is 3.08. The molecule has 0 unspecified atom stereocenters. The lowest BCUT2D eigenvalue weighted by atomic mass is 10.1. The Balaban J connectivity index is 1.67. The molecule has 0 spiro atoms. The van der Waals surface area contributed by atoms with Crippen molar-refractivity contribution in [3.8, 4) is 5.69 Å². The fourth-order valence-corrected chi connectivity index (χ4v) is 2.50. The molecule has 4 N–H and O–H groups in total. The van der Waals surface area contributed by atoms with Gasteiger partial charge in [0, 0.05) is 19.2 Å². The minimum atomic E-state index is -0.306. The number of rotatable bonds is 5. The molecule has 3 aromatic rings. The van der Waals surface area contributed by atoms with Crippen LogP contribution in [0.2, 0.25) is 0 Å². The molecule has 0 aliphatic carbocycles. The maximum Gasteiger partial charge on any atom is 0.256 e. The predicted octanol–water partition coefficient (Wildman–Crippen LogP) is 1.74. The molecule has 1 aromatic heterocycles. The van der Waals surface area contributed by atoms with Crippen LogP contribution in [0.15, 0.2) is 60.8 Å². The number of amides is 2. The van der Waals surface area contributed by atoms with E-state index in [9.17, 15) is 9.59 Å². The SMILES string of the molecule is CNC(=O)c1ccc(CNC(=O)c2cnn(-c3ccccc3)c2N)cc1. The first-order chi connectivity index (χ1) is 12.6. The molecule has 0 fully saturated rings. The van der Waals surface area contributed by atoms with Crippen LogP contribution in [0, 0.1) is 0 Å². The lowest BCUT2D eigenvalue weighted by Crippen LogP contribution is -2.23. The van der Waals surface area contributed by atoms with E-state index in [1.807, 2.05) is 30.3 Å². The van der Waals surface area contributed by atoms with Crippen molar-refractivity contribution in [2.24, 2.45) is 0 Å². The van der Waals surface area contributed by atoms with E-state index in [2.05, 4.69) is 15.7 Å². The summed E-state index contributed by atoms with van der Waals surface area (Å²) >= 11 is 0. The third-order valence-electron chi connectivity index (χ3n) is 3.95. The summed E-state index contributed by atoms with van der Waals surface area (Å²) in [6.07, 6.45) is 1.45. The lowest BCUT2D eigenvalue weighted by Gasteiger charge is -2.07. The van der Waals surface area contributed by atoms with Gasteiger partial charge in [0.25, 0.3) is 11.8 Å². The highest BCUT2D eigenvalue weighted by atomic mass is 16.2. The van der Waals surface area contributed by atoms with Gasteiger partial charge in [-0.05, 0) is 29.8 Å². The smallest absolute Gasteiger partial charge is 0.256 e. The third kappa shape index (κ3) is 3.56. The molecule has 7 heteroatoms. The molecular weight excluding hydrogens is 330 g/mol. The van der Waals surface area contributed by atoms with Gasteiger partial charge in [0.1, 0.15) is 11.4 Å². The molecule has 2 aromatic carbocycles. The molecule has 2 amide bonds. The Morgan fingerprint density at radius 2 is 1.73 bits per heavy atom. The second-order valence-corrected chi connectivity index (χ2v) is 5.65. The van der Waals surface area contributed by atoms with Crippen molar-refractivity contribution in [1.82, 2.24) is 20.4 Å². The van der Waals surface area contributed by atoms with Crippen LogP contribution in [0.4, 0.5) is 5.82 Å². The predicted molar refractivity (Wildman–Crippen MR) is 99.0 cm³/mol. The third-order valence-corrected chi connectivity index (χ3v) is 3.95. The van der Waals surface area contributed by atoms with Crippen LogP contribution in [0.25, 0.3) is 5.69 Å². The van der Waals surface area contributed by atoms with Gasteiger partial charge >= 0.3 is 0 Å². The molecular formula is C19H19N5O2. The maximum atomic E-state index is 12.4. The van der Waals surface area contributed by atoms with Gasteiger partial charge in [0.2, 0.25) is 0 Å². The molecule has 3 rings (SSSR count). The minimum absolute atomic E-state index is 0.151. The van der Waals surface area contributed by atoms with Crippen LogP contribution in [0.5, 0.6) is 0 Å². The fraction of sp³-hybridized carbons (Fsp3) is 0.105. The summed E-state index contributed by atoms with van der Waals surface area (Å²) < 4.78 is 1.52. The van der Waals surface area contributed by atoms with E-state index in [1.165, 1.54) is 10.9 Å². The Hall–Kier alpha value is -3.61. The van der Waals surface area contributed by atoms with Crippen LogP contribution >= 0.6 is 0 Å². The highest BCUT2D eigenvalue weighted by Gasteiger charge is 2.15. The van der Waals surface area contributed by atoms with Crippen molar-refractivity contribution in [2.45, 2.75) is 6.54 Å². The van der Waals surface area contributed by atoms with Crippen LogP contribution in [-0.2, 0) is 6.54 Å². The molecule has 0 aliphatic heterocycles. The van der Waals surface area contributed by atoms with E-state index >= 15 is 0 Å². The second kappa shape index (κ2) is 7.52. The van der Waals surface area contributed by atoms with Gasteiger partial charge in [-0.15, -0.1) is 0 Å². The van der Waals surface area contributed by atoms with Gasteiger partial charge in [-0.3, -0.25) is 9.59 Å². The van der Waals surface area contributed by atoms with Crippen molar-refractivity contribution in [3.05, 3.63) is 77.5 Å². The molecule has 0 atom stereocenters. The van der Waals surface area contributed by atoms with Crippen molar-refractivity contribution in [2.75, 3.05) is 12.8 Å². The van der Waals surface area contributed by atoms with Gasteiger partial charge in [0.05, 0.1) is 11.9 Å². The fourth-order valence-electron chi connectivity index (χ4n) is 2.50. The number of carbonyl (C=O) groups excluding carboxylic acids is 2. The average molecular weight is 349 g/mol. The summed E-state index contributed by atoms with van der Waals surface area (Å²) in [4.78, 5) is 23.9. The number of benzene rings is 2. The summed E-state index contributed by atoms with van der Waals surface area (Å²) in [6.45, 7) is 0.322. The van der Waals surface area contributed by atoms with Gasteiger partial charge in [-0.2, -0.15) is 5.10 Å². The molecule has 0 bridgehead atoms. The Labute approximate surface area is 150 Å². The highest BCUT2D eigenvalue weighted by Crippen LogP contribution is 2.17. The zero-order valence-electron chi connectivity index (χ0n) is 14.3. The number of para-hydroxylation sites is 1. The van der Waals surface area contributed by atoms with Crippen molar-refractivity contribution >= 4 is 17.6 Å². The second-order valence-electron chi connectivity index (χ2n) is 5.65. The number of hydrogen-bond donors (Lipinski definition) is 3. The number of nitrogens with zero attached hydrogens (tertiary/aromatic N) is 2. The Morgan fingerprint density at radius 1 is 1.04 bits per heavy atom. The molecule has 132 valence electrons. The standard InChI is InChI=1S/C19H19N5O2/c1-21-18(25)14-9-7-13(8-10-14)11-22-19(26)16-12-23-24(17(16)20)15-5-3-2-4-6-15/h2-10,12H,11,20H2,1H3,(H,21,25)(H,22,26). The molecule has 0 saturated carbocycles. The Bertz CT molecular complexity index is 917. The van der Waals surface area contributed by atoms with E-state index in [0.29, 0.717) is 17.7 Å². The Morgan fingerprint density at radius 3 is 2.38 bits per heavy atom. The Kier molecular flexibility index (Phi) is 4.98. The summed E-state index contributed by atoms with van der Waals surface area (Å²) in [7, 11) is 1.58.